The summed E-state index contributed by atoms with van der Waals surface area (Å²) in [5, 5.41) is 31.8. The minimum absolute atomic E-state index is 0.00132. The van der Waals surface area contributed by atoms with Gasteiger partial charge in [-0.1, -0.05) is 60.7 Å². The largest absolute Gasteiger partial charge is 0.480 e. The minimum Gasteiger partial charge on any atom is -0.480 e. The van der Waals surface area contributed by atoms with Gasteiger partial charge in [-0.3, -0.25) is 48.1 Å². The lowest BCUT2D eigenvalue weighted by atomic mass is 10.0. The number of carbonyl (C=O) groups excluding carboxylic acids is 9. The molecule has 0 spiro atoms. The Labute approximate surface area is 404 Å². The molecule has 25 heteroatoms. The van der Waals surface area contributed by atoms with Crippen molar-refractivity contribution in [1.29, 1.82) is 0 Å². The molecule has 9 amide bonds. The number of nitrogens with one attached hydrogen (secondary N) is 9. The fraction of sp³-hybridized carbons (Fsp3) is 0.477. The summed E-state index contributed by atoms with van der Waals surface area (Å²) in [5.41, 5.74) is 17.4. The van der Waals surface area contributed by atoms with Crippen LogP contribution in [0.25, 0.3) is 0 Å². The maximum absolute atomic E-state index is 14.0. The highest BCUT2D eigenvalue weighted by atomic mass is 32.2. The molecule has 0 bridgehead atoms. The van der Waals surface area contributed by atoms with Gasteiger partial charge in [-0.25, -0.2) is 4.79 Å². The highest BCUT2D eigenvalue weighted by molar-refractivity contribution is 7.98. The van der Waals surface area contributed by atoms with Crippen LogP contribution in [0.5, 0.6) is 0 Å². The van der Waals surface area contributed by atoms with Crippen LogP contribution in [-0.2, 0) is 60.8 Å². The molecule has 7 atom stereocenters. The van der Waals surface area contributed by atoms with Gasteiger partial charge in [-0.15, -0.1) is 0 Å². The highest BCUT2D eigenvalue weighted by Gasteiger charge is 2.30. The van der Waals surface area contributed by atoms with Crippen LogP contribution in [0.1, 0.15) is 51.2 Å². The molecular formula is C44H65N13O11S. The molecule has 378 valence electrons. The van der Waals surface area contributed by atoms with E-state index in [0.717, 1.165) is 0 Å². The van der Waals surface area contributed by atoms with Crippen molar-refractivity contribution in [3.63, 3.8) is 0 Å². The zero-order valence-corrected chi connectivity index (χ0v) is 39.8. The van der Waals surface area contributed by atoms with Gasteiger partial charge in [0, 0.05) is 19.4 Å². The SMILES string of the molecule is CSCC[C@H](NC(=O)CNC(=O)[C@H](C)NC(=O)[C@H](C)N)C(=O)NCC(=O)N[C@@H](Cc1ccccc1)C(=O)N[C@@H](Cc1ccccc1)C(=O)NCC(=O)N[C@@H](C)C(=O)N[C@@H](CCCN=C(N)N)C(=O)O. The number of aliphatic imine (C=N–C) groups is 1. The van der Waals surface area contributed by atoms with Crippen molar-refractivity contribution in [2.45, 2.75) is 95.2 Å². The second kappa shape index (κ2) is 30.9. The third kappa shape index (κ3) is 23.3. The van der Waals surface area contributed by atoms with Crippen LogP contribution >= 0.6 is 11.8 Å². The van der Waals surface area contributed by atoms with E-state index in [9.17, 15) is 53.1 Å². The molecule has 0 aliphatic carbocycles. The second-order valence-electron chi connectivity index (χ2n) is 15.8. The molecule has 2 aromatic rings. The summed E-state index contributed by atoms with van der Waals surface area (Å²) in [5.74, 6) is -7.67. The van der Waals surface area contributed by atoms with Gasteiger partial charge in [0.15, 0.2) is 5.96 Å². The Hall–Kier alpha value is -7.28. The summed E-state index contributed by atoms with van der Waals surface area (Å²) in [6.45, 7) is 2.54. The van der Waals surface area contributed by atoms with Crippen molar-refractivity contribution in [3.8, 4) is 0 Å². The molecule has 0 radical (unpaired) electrons. The zero-order chi connectivity index (χ0) is 51.5. The first-order chi connectivity index (χ1) is 32.7. The Morgan fingerprint density at radius 3 is 1.49 bits per heavy atom. The number of carbonyl (C=O) groups is 10. The summed E-state index contributed by atoms with van der Waals surface area (Å²) >= 11 is 1.40. The fourth-order valence-electron chi connectivity index (χ4n) is 6.11. The average Bonchev–Trinajstić information content (AvgIpc) is 3.31. The smallest absolute Gasteiger partial charge is 0.326 e. The van der Waals surface area contributed by atoms with E-state index in [4.69, 9.17) is 17.2 Å². The number of carboxylic acid groups (broad SMARTS) is 1. The van der Waals surface area contributed by atoms with E-state index in [1.165, 1.54) is 32.5 Å². The number of hydrogen-bond acceptors (Lipinski definition) is 13. The first kappa shape index (κ1) is 57.8. The van der Waals surface area contributed by atoms with Gasteiger partial charge < -0.3 is 70.2 Å². The van der Waals surface area contributed by atoms with Crippen LogP contribution in [0.3, 0.4) is 0 Å². The first-order valence-electron chi connectivity index (χ1n) is 21.9. The maximum atomic E-state index is 14.0. The first-order valence-corrected chi connectivity index (χ1v) is 23.3. The van der Waals surface area contributed by atoms with Crippen molar-refractivity contribution in [2.24, 2.45) is 22.2 Å². The molecule has 0 heterocycles. The molecule has 69 heavy (non-hydrogen) atoms. The standard InChI is InChI=1S/C44H65N13O11S/c1-25(45)37(61)53-26(2)38(62)49-23-35(59)54-30(17-19-69-4)40(64)50-24-36(60)55-33(21-29-14-9-6-10-15-29)42(66)57-32(20-28-12-7-5-8-13-28)41(65)51-22-34(58)52-27(3)39(63)56-31(43(67)68)16-11-18-48-44(46)47/h5-10,12-15,25-27,30-33H,11,16-24,45H2,1-4H3,(H,49,62)(H,50,64)(H,51,65)(H,52,58)(H,53,61)(H,54,59)(H,55,60)(H,56,63)(H,57,66)(H,67,68)(H4,46,47,48)/t25-,26-,27-,30-,31-,32-,33-/m0/s1. The maximum Gasteiger partial charge on any atom is 0.326 e. The van der Waals surface area contributed by atoms with Crippen molar-refractivity contribution in [2.75, 3.05) is 38.2 Å². The molecular weight excluding hydrogens is 919 g/mol. The third-order valence-corrected chi connectivity index (χ3v) is 10.5. The Kier molecular flexibility index (Phi) is 25.9. The second-order valence-corrected chi connectivity index (χ2v) is 16.8. The molecule has 0 saturated heterocycles. The van der Waals surface area contributed by atoms with Gasteiger partial charge in [-0.05, 0) is 63.2 Å². The summed E-state index contributed by atoms with van der Waals surface area (Å²) in [4.78, 5) is 133. The lowest BCUT2D eigenvalue weighted by molar-refractivity contribution is -0.142. The van der Waals surface area contributed by atoms with Crippen molar-refractivity contribution in [1.82, 2.24) is 47.9 Å². The van der Waals surface area contributed by atoms with Crippen LogP contribution in [-0.4, -0.2) is 151 Å². The predicted molar refractivity (Wildman–Crippen MR) is 256 cm³/mol. The average molecular weight is 984 g/mol. The van der Waals surface area contributed by atoms with Gasteiger partial charge in [0.05, 0.1) is 25.7 Å². The molecule has 24 nitrogen and oxygen atoms in total. The minimum atomic E-state index is -1.31. The quantitative estimate of drug-likeness (QED) is 0.0202. The van der Waals surface area contributed by atoms with Crippen LogP contribution < -0.4 is 65.1 Å². The summed E-state index contributed by atoms with van der Waals surface area (Å²) < 4.78 is 0. The fourth-order valence-corrected chi connectivity index (χ4v) is 6.58. The Morgan fingerprint density at radius 2 is 1.00 bits per heavy atom. The van der Waals surface area contributed by atoms with Gasteiger partial charge in [0.25, 0.3) is 0 Å². The summed E-state index contributed by atoms with van der Waals surface area (Å²) in [6.07, 6.45) is 2.11. The molecule has 0 aliphatic heterocycles. The van der Waals surface area contributed by atoms with Gasteiger partial charge in [0.2, 0.25) is 53.2 Å². The highest BCUT2D eigenvalue weighted by Crippen LogP contribution is 2.08. The zero-order valence-electron chi connectivity index (χ0n) is 39.0. The number of carboxylic acids is 1. The van der Waals surface area contributed by atoms with E-state index in [-0.39, 0.29) is 44.6 Å². The normalized spacial score (nSPS) is 13.7. The predicted octanol–water partition coefficient (Wildman–Crippen LogP) is -3.99. The van der Waals surface area contributed by atoms with E-state index >= 15 is 0 Å². The molecule has 16 N–H and O–H groups in total. The van der Waals surface area contributed by atoms with Crippen LogP contribution in [0.15, 0.2) is 65.7 Å². The Balaban J connectivity index is 2.14. The lowest BCUT2D eigenvalue weighted by Gasteiger charge is -2.24. The van der Waals surface area contributed by atoms with Crippen molar-refractivity contribution in [3.05, 3.63) is 71.8 Å². The number of rotatable bonds is 30. The van der Waals surface area contributed by atoms with Gasteiger partial charge >= 0.3 is 5.97 Å². The van der Waals surface area contributed by atoms with Crippen molar-refractivity contribution < 1.29 is 53.1 Å². The number of thioether (sulfide) groups is 1. The molecule has 2 aromatic carbocycles. The Bertz CT molecular complexity index is 2090. The number of amides is 9. The van der Waals surface area contributed by atoms with E-state index in [1.54, 1.807) is 66.9 Å². The number of nitrogens with two attached hydrogens (primary N) is 3. The van der Waals surface area contributed by atoms with Crippen LogP contribution in [0.4, 0.5) is 0 Å². The van der Waals surface area contributed by atoms with E-state index in [1.807, 2.05) is 0 Å². The number of hydrogen-bond donors (Lipinski definition) is 13. The molecule has 0 fully saturated rings. The number of guanidine groups is 1. The molecule has 2 rings (SSSR count). The monoisotopic (exact) mass is 983 g/mol. The number of aliphatic carboxylic acids is 1. The van der Waals surface area contributed by atoms with Crippen LogP contribution in [0.2, 0.25) is 0 Å². The summed E-state index contributed by atoms with van der Waals surface area (Å²) in [6, 6.07) is 9.23. The third-order valence-electron chi connectivity index (χ3n) is 9.88. The molecule has 0 saturated carbocycles. The van der Waals surface area contributed by atoms with Crippen molar-refractivity contribution >= 4 is 76.9 Å². The van der Waals surface area contributed by atoms with E-state index < -0.39 is 121 Å². The molecule has 0 aliphatic rings. The van der Waals surface area contributed by atoms with Gasteiger partial charge in [0.1, 0.15) is 36.3 Å². The molecule has 0 aromatic heterocycles. The summed E-state index contributed by atoms with van der Waals surface area (Å²) in [7, 11) is 0. The topological polar surface area (TPSA) is 390 Å². The lowest BCUT2D eigenvalue weighted by Crippen LogP contribution is -2.57. The van der Waals surface area contributed by atoms with E-state index in [0.29, 0.717) is 16.9 Å². The number of nitrogens with zero attached hydrogens (tertiary/aromatic N) is 1. The number of benzene rings is 2. The van der Waals surface area contributed by atoms with Gasteiger partial charge in [-0.2, -0.15) is 11.8 Å². The van der Waals surface area contributed by atoms with Crippen LogP contribution in [0, 0.1) is 0 Å². The Morgan fingerprint density at radius 1 is 0.551 bits per heavy atom. The van der Waals surface area contributed by atoms with E-state index in [2.05, 4.69) is 52.8 Å². The molecule has 0 unspecified atom stereocenters.